The molecule has 0 aliphatic heterocycles. The summed E-state index contributed by atoms with van der Waals surface area (Å²) in [5.74, 6) is 3.48. The number of carbonyl (C=O) groups is 1. The number of hydrogen-bond acceptors (Lipinski definition) is 2. The first-order chi connectivity index (χ1) is 27.7. The zero-order valence-corrected chi connectivity index (χ0v) is 41.7. The zero-order chi connectivity index (χ0) is 41.6. The van der Waals surface area contributed by atoms with Gasteiger partial charge in [-0.25, -0.2) is 9.36 Å². The van der Waals surface area contributed by atoms with Crippen LogP contribution in [0.5, 0.6) is 0 Å². The highest BCUT2D eigenvalue weighted by molar-refractivity contribution is 5.88. The van der Waals surface area contributed by atoms with Crippen LogP contribution in [0.4, 0.5) is 0 Å². The fourth-order valence-electron chi connectivity index (χ4n) is 15.0. The summed E-state index contributed by atoms with van der Waals surface area (Å²) in [6.45, 7) is 24.1. The van der Waals surface area contributed by atoms with Crippen molar-refractivity contribution in [2.24, 2.45) is 56.7 Å². The quantitative estimate of drug-likeness (QED) is 0.0565. The minimum atomic E-state index is -0.127. The maximum Gasteiger partial charge on any atom is 0.344 e. The third-order valence-electron chi connectivity index (χ3n) is 19.2. The molecule has 4 heteroatoms. The highest BCUT2D eigenvalue weighted by Crippen LogP contribution is 2.75. The number of pyridine rings is 1. The molecule has 3 nitrogen and oxygen atoms in total. The van der Waals surface area contributed by atoms with E-state index in [2.05, 4.69) is 85.4 Å². The molecule has 10 atom stereocenters. The van der Waals surface area contributed by atoms with Gasteiger partial charge in [-0.1, -0.05) is 170 Å². The molecule has 1 aromatic heterocycles. The van der Waals surface area contributed by atoms with E-state index in [0.29, 0.717) is 33.6 Å². The molecule has 0 aromatic carbocycles. The SMILES string of the molecule is CCCCCCCCCCCCCCCCCCC[n+]1cccc(C(=O)O[C@H]2CC[C@]3(C)[C@H]4CC=C5[C@@H]6[C@@H](C)[C@H](C)CC[C@]6(C)CC[C@@]5(C)[C@]4(C)CC[C@H]3C2(C)C)c1.[Br-]. The lowest BCUT2D eigenvalue weighted by molar-refractivity contribution is -0.697. The van der Waals surface area contributed by atoms with Crippen LogP contribution < -0.4 is 21.5 Å². The van der Waals surface area contributed by atoms with Crippen molar-refractivity contribution in [3.05, 3.63) is 41.7 Å². The lowest BCUT2D eigenvalue weighted by Gasteiger charge is -2.71. The highest BCUT2D eigenvalue weighted by Gasteiger charge is 2.68. The number of aryl methyl sites for hydroxylation is 1. The van der Waals surface area contributed by atoms with Crippen LogP contribution in [-0.2, 0) is 11.3 Å². The Kier molecular flexibility index (Phi) is 17.4. The number of carbonyl (C=O) groups excluding carboxylic acids is 1. The molecule has 336 valence electrons. The summed E-state index contributed by atoms with van der Waals surface area (Å²) in [5.41, 5.74) is 3.89. The smallest absolute Gasteiger partial charge is 0.344 e. The van der Waals surface area contributed by atoms with Gasteiger partial charge in [0.1, 0.15) is 18.2 Å². The van der Waals surface area contributed by atoms with E-state index in [1.807, 2.05) is 17.7 Å². The Labute approximate surface area is 375 Å². The number of ether oxygens (including phenoxy) is 1. The lowest BCUT2D eigenvalue weighted by atomic mass is 9.33. The van der Waals surface area contributed by atoms with Gasteiger partial charge in [0, 0.05) is 17.9 Å². The number of hydrogen-bond donors (Lipinski definition) is 0. The van der Waals surface area contributed by atoms with Crippen LogP contribution in [0.15, 0.2) is 36.2 Å². The minimum absolute atomic E-state index is 0. The average molecular weight is 879 g/mol. The average Bonchev–Trinajstić information content (AvgIpc) is 3.19. The molecule has 0 radical (unpaired) electrons. The molecule has 4 saturated carbocycles. The molecule has 0 amide bonds. The van der Waals surface area contributed by atoms with Gasteiger partial charge >= 0.3 is 5.97 Å². The second-order valence-electron chi connectivity index (χ2n) is 23.0. The molecular formula is C55H92BrNO2. The number of fused-ring (bicyclic) bond motifs is 7. The Morgan fingerprint density at radius 1 is 0.712 bits per heavy atom. The molecule has 4 fully saturated rings. The standard InChI is InChI=1S/C55H92NO2.BrH/c1-10-11-12-13-14-15-16-17-18-19-20-21-22-23-24-25-26-39-56-40-27-28-44(41-56)50(57)58-48-33-35-53(7)46(51(48,4)5)32-36-55(9)47(53)30-29-45-49-43(3)42(2)31-34-52(49,6)37-38-54(45,55)8;/h27-29,40-43,46-49H,10-26,30-39H2,1-9H3;1H/q+1;/p-1/t42-,43+,46+,47-,48+,49+,52-,53+,54-,55-;/m1./s1. The molecule has 5 aliphatic carbocycles. The Morgan fingerprint density at radius 2 is 1.31 bits per heavy atom. The van der Waals surface area contributed by atoms with Crippen LogP contribution in [0.1, 0.15) is 240 Å². The molecule has 5 aliphatic rings. The van der Waals surface area contributed by atoms with E-state index in [1.54, 1.807) is 0 Å². The summed E-state index contributed by atoms with van der Waals surface area (Å²) in [7, 11) is 0. The lowest BCUT2D eigenvalue weighted by Crippen LogP contribution is -3.00. The van der Waals surface area contributed by atoms with Gasteiger partial charge in [-0.3, -0.25) is 0 Å². The fourth-order valence-corrected chi connectivity index (χ4v) is 15.0. The second-order valence-corrected chi connectivity index (χ2v) is 23.0. The van der Waals surface area contributed by atoms with E-state index < -0.39 is 0 Å². The molecule has 0 saturated heterocycles. The summed E-state index contributed by atoms with van der Waals surface area (Å²) in [6.07, 6.45) is 42.2. The molecule has 1 aromatic rings. The molecule has 1 heterocycles. The van der Waals surface area contributed by atoms with Crippen molar-refractivity contribution >= 4 is 5.97 Å². The topological polar surface area (TPSA) is 30.2 Å². The first kappa shape index (κ1) is 48.9. The Balaban J connectivity index is 0.00000661. The van der Waals surface area contributed by atoms with E-state index in [-0.39, 0.29) is 39.9 Å². The van der Waals surface area contributed by atoms with E-state index in [1.165, 1.54) is 161 Å². The normalized spacial score (nSPS) is 35.9. The second kappa shape index (κ2) is 21.0. The maximum absolute atomic E-state index is 13.9. The van der Waals surface area contributed by atoms with Crippen LogP contribution in [0, 0.1) is 56.7 Å². The van der Waals surface area contributed by atoms with Gasteiger partial charge in [0.05, 0.1) is 0 Å². The molecule has 0 bridgehead atoms. The fraction of sp³-hybridized carbons (Fsp3) is 0.855. The summed E-state index contributed by atoms with van der Waals surface area (Å²) >= 11 is 0. The zero-order valence-electron chi connectivity index (χ0n) is 40.1. The number of unbranched alkanes of at least 4 members (excludes halogenated alkanes) is 16. The Hall–Kier alpha value is -1.16. The van der Waals surface area contributed by atoms with Crippen LogP contribution in [0.25, 0.3) is 0 Å². The molecule has 59 heavy (non-hydrogen) atoms. The van der Waals surface area contributed by atoms with Crippen molar-refractivity contribution in [1.82, 2.24) is 0 Å². The maximum atomic E-state index is 13.9. The number of rotatable bonds is 20. The number of allylic oxidation sites excluding steroid dienone is 2. The van der Waals surface area contributed by atoms with Gasteiger partial charge in [0.15, 0.2) is 12.4 Å². The van der Waals surface area contributed by atoms with E-state index in [9.17, 15) is 4.79 Å². The third kappa shape index (κ3) is 10.3. The number of aromatic nitrogens is 1. The molecular weight excluding hydrogens is 787 g/mol. The van der Waals surface area contributed by atoms with E-state index in [0.717, 1.165) is 30.7 Å². The first-order valence-electron chi connectivity index (χ1n) is 25.6. The minimum Gasteiger partial charge on any atom is -1.00 e. The van der Waals surface area contributed by atoms with Crippen molar-refractivity contribution in [1.29, 1.82) is 0 Å². The van der Waals surface area contributed by atoms with Gasteiger partial charge in [-0.05, 0) is 122 Å². The largest absolute Gasteiger partial charge is 1.00 e. The monoisotopic (exact) mass is 878 g/mol. The molecule has 0 spiro atoms. The number of nitrogens with zero attached hydrogens (tertiary/aromatic N) is 1. The summed E-state index contributed by atoms with van der Waals surface area (Å²) in [5, 5.41) is 0. The number of esters is 1. The Morgan fingerprint density at radius 3 is 1.92 bits per heavy atom. The van der Waals surface area contributed by atoms with Crippen LogP contribution in [0.3, 0.4) is 0 Å². The molecule has 6 rings (SSSR count). The highest BCUT2D eigenvalue weighted by atomic mass is 79.9. The van der Waals surface area contributed by atoms with Gasteiger partial charge in [0.25, 0.3) is 0 Å². The molecule has 0 unspecified atom stereocenters. The van der Waals surface area contributed by atoms with Crippen molar-refractivity contribution in [2.75, 3.05) is 0 Å². The van der Waals surface area contributed by atoms with E-state index in [4.69, 9.17) is 4.74 Å². The van der Waals surface area contributed by atoms with Crippen molar-refractivity contribution < 1.29 is 31.1 Å². The Bertz CT molecular complexity index is 1520. The predicted octanol–water partition coefficient (Wildman–Crippen LogP) is 12.8. The van der Waals surface area contributed by atoms with Crippen LogP contribution >= 0.6 is 0 Å². The first-order valence-corrected chi connectivity index (χ1v) is 25.6. The third-order valence-corrected chi connectivity index (χ3v) is 19.2. The van der Waals surface area contributed by atoms with Crippen molar-refractivity contribution in [3.63, 3.8) is 0 Å². The van der Waals surface area contributed by atoms with Gasteiger partial charge in [-0.2, -0.15) is 0 Å². The summed E-state index contributed by atoms with van der Waals surface area (Å²) < 4.78 is 8.80. The van der Waals surface area contributed by atoms with Gasteiger partial charge < -0.3 is 21.7 Å². The van der Waals surface area contributed by atoms with Gasteiger partial charge in [-0.15, -0.1) is 0 Å². The summed E-state index contributed by atoms with van der Waals surface area (Å²) in [6, 6.07) is 4.01. The van der Waals surface area contributed by atoms with Crippen LogP contribution in [-0.4, -0.2) is 12.1 Å². The number of halogens is 1. The van der Waals surface area contributed by atoms with E-state index >= 15 is 0 Å². The van der Waals surface area contributed by atoms with Gasteiger partial charge in [0.2, 0.25) is 0 Å². The predicted molar refractivity (Wildman–Crippen MR) is 245 cm³/mol. The van der Waals surface area contributed by atoms with Crippen LogP contribution in [0.2, 0.25) is 0 Å². The van der Waals surface area contributed by atoms with Crippen molar-refractivity contribution in [3.8, 4) is 0 Å². The summed E-state index contributed by atoms with van der Waals surface area (Å²) in [4.78, 5) is 13.9. The molecule has 0 N–H and O–H groups in total. The van der Waals surface area contributed by atoms with Crippen molar-refractivity contribution in [2.45, 2.75) is 242 Å².